The number of benzene rings is 1. The van der Waals surface area contributed by atoms with Crippen molar-refractivity contribution in [3.8, 4) is 0 Å². The van der Waals surface area contributed by atoms with E-state index in [1.54, 1.807) is 33.2 Å². The first-order chi connectivity index (χ1) is 9.81. The van der Waals surface area contributed by atoms with Gasteiger partial charge in [-0.3, -0.25) is 0 Å². The zero-order chi connectivity index (χ0) is 16.0. The van der Waals surface area contributed by atoms with Crippen molar-refractivity contribution >= 4 is 41.0 Å². The third kappa shape index (κ3) is 5.69. The van der Waals surface area contributed by atoms with Crippen LogP contribution in [0.1, 0.15) is 5.56 Å². The molecule has 116 valence electrons. The topological polar surface area (TPSA) is 73.5 Å². The summed E-state index contributed by atoms with van der Waals surface area (Å²) < 4.78 is 0. The number of carbonyl (C=O) groups is 2. The van der Waals surface area contributed by atoms with E-state index in [9.17, 15) is 9.59 Å². The number of amides is 4. The Balaban J connectivity index is 2.39. The molecular formula is C13H18Cl2N4O2. The van der Waals surface area contributed by atoms with E-state index in [2.05, 4.69) is 16.0 Å². The highest BCUT2D eigenvalue weighted by Crippen LogP contribution is 2.27. The van der Waals surface area contributed by atoms with Crippen LogP contribution in [0.25, 0.3) is 0 Å². The molecule has 3 N–H and O–H groups in total. The number of urea groups is 2. The highest BCUT2D eigenvalue weighted by molar-refractivity contribution is 6.36. The molecule has 0 aliphatic heterocycles. The molecule has 0 bridgehead atoms. The molecule has 0 spiro atoms. The number of halogens is 2. The van der Waals surface area contributed by atoms with Crippen LogP contribution in [-0.4, -0.2) is 44.1 Å². The molecule has 0 fully saturated rings. The Labute approximate surface area is 133 Å². The van der Waals surface area contributed by atoms with Crippen molar-refractivity contribution < 1.29 is 9.59 Å². The Bertz CT molecular complexity index is 512. The number of rotatable bonds is 4. The van der Waals surface area contributed by atoms with Gasteiger partial charge in [-0.1, -0.05) is 23.2 Å². The van der Waals surface area contributed by atoms with E-state index in [1.165, 1.54) is 4.90 Å². The molecule has 0 unspecified atom stereocenters. The molecule has 0 saturated carbocycles. The Kier molecular flexibility index (Phi) is 6.58. The lowest BCUT2D eigenvalue weighted by molar-refractivity contribution is 0.217. The van der Waals surface area contributed by atoms with Gasteiger partial charge < -0.3 is 20.9 Å². The minimum atomic E-state index is -0.398. The van der Waals surface area contributed by atoms with Crippen LogP contribution in [0.2, 0.25) is 10.0 Å². The van der Waals surface area contributed by atoms with Crippen molar-refractivity contribution in [2.45, 2.75) is 6.92 Å². The van der Waals surface area contributed by atoms with Crippen molar-refractivity contribution in [3.05, 3.63) is 27.7 Å². The van der Waals surface area contributed by atoms with E-state index >= 15 is 0 Å². The normalized spacial score (nSPS) is 9.95. The first kappa shape index (κ1) is 17.4. The summed E-state index contributed by atoms with van der Waals surface area (Å²) in [5.74, 6) is 0. The van der Waals surface area contributed by atoms with Gasteiger partial charge in [0, 0.05) is 42.9 Å². The average Bonchev–Trinajstić information content (AvgIpc) is 2.40. The third-order valence-corrected chi connectivity index (χ3v) is 3.42. The van der Waals surface area contributed by atoms with E-state index in [0.29, 0.717) is 28.8 Å². The van der Waals surface area contributed by atoms with E-state index in [1.807, 2.05) is 0 Å². The van der Waals surface area contributed by atoms with Gasteiger partial charge in [0.15, 0.2) is 0 Å². The van der Waals surface area contributed by atoms with Crippen molar-refractivity contribution in [2.24, 2.45) is 0 Å². The smallest absolute Gasteiger partial charge is 0.319 e. The molecule has 21 heavy (non-hydrogen) atoms. The second kappa shape index (κ2) is 7.95. The predicted molar refractivity (Wildman–Crippen MR) is 85.3 cm³/mol. The van der Waals surface area contributed by atoms with E-state index in [4.69, 9.17) is 23.2 Å². The highest BCUT2D eigenvalue weighted by Gasteiger charge is 2.07. The maximum atomic E-state index is 11.7. The van der Waals surface area contributed by atoms with Crippen LogP contribution in [0.4, 0.5) is 15.3 Å². The predicted octanol–water partition coefficient (Wildman–Crippen LogP) is 2.69. The van der Waals surface area contributed by atoms with Gasteiger partial charge in [-0.05, 0) is 24.6 Å². The van der Waals surface area contributed by atoms with Crippen LogP contribution in [0.5, 0.6) is 0 Å². The summed E-state index contributed by atoms with van der Waals surface area (Å²) in [5.41, 5.74) is 1.26. The van der Waals surface area contributed by atoms with Gasteiger partial charge in [0.25, 0.3) is 0 Å². The number of nitrogens with one attached hydrogen (secondary N) is 3. The van der Waals surface area contributed by atoms with Gasteiger partial charge in [-0.25, -0.2) is 9.59 Å². The van der Waals surface area contributed by atoms with Crippen molar-refractivity contribution in [2.75, 3.05) is 32.5 Å². The van der Waals surface area contributed by atoms with Crippen LogP contribution in [-0.2, 0) is 0 Å². The summed E-state index contributed by atoms with van der Waals surface area (Å²) in [6.07, 6.45) is 0. The fraction of sp³-hybridized carbons (Fsp3) is 0.385. The molecular weight excluding hydrogens is 315 g/mol. The summed E-state index contributed by atoms with van der Waals surface area (Å²) >= 11 is 12.0. The molecule has 1 aromatic carbocycles. The summed E-state index contributed by atoms with van der Waals surface area (Å²) in [6.45, 7) is 2.43. The maximum absolute atomic E-state index is 11.7. The van der Waals surface area contributed by atoms with Gasteiger partial charge in [-0.2, -0.15) is 0 Å². The molecule has 8 heteroatoms. The van der Waals surface area contributed by atoms with Crippen molar-refractivity contribution in [1.82, 2.24) is 15.5 Å². The van der Waals surface area contributed by atoms with Crippen LogP contribution >= 0.6 is 23.2 Å². The Morgan fingerprint density at radius 1 is 1.10 bits per heavy atom. The largest absolute Gasteiger partial charge is 0.336 e. The summed E-state index contributed by atoms with van der Waals surface area (Å²) in [7, 11) is 3.28. The zero-order valence-corrected chi connectivity index (χ0v) is 13.6. The standard InChI is InChI=1S/C13H18Cl2N4O2/c1-8-10(14)6-9(7-11(8)15)18-12(20)16-4-5-17-13(21)19(2)3/h6-7H,4-5H2,1-3H3,(H,17,21)(H2,16,18,20). The van der Waals surface area contributed by atoms with Crippen LogP contribution in [0.15, 0.2) is 12.1 Å². The van der Waals surface area contributed by atoms with E-state index < -0.39 is 6.03 Å². The Morgan fingerprint density at radius 2 is 1.62 bits per heavy atom. The van der Waals surface area contributed by atoms with E-state index in [0.717, 1.165) is 5.56 Å². The number of hydrogen-bond donors (Lipinski definition) is 3. The number of hydrogen-bond acceptors (Lipinski definition) is 2. The molecule has 0 aromatic heterocycles. The minimum absolute atomic E-state index is 0.214. The molecule has 0 atom stereocenters. The second-order valence-electron chi connectivity index (χ2n) is 4.57. The second-order valence-corrected chi connectivity index (χ2v) is 5.39. The number of carbonyl (C=O) groups excluding carboxylic acids is 2. The lowest BCUT2D eigenvalue weighted by Crippen LogP contribution is -2.40. The fourth-order valence-electron chi connectivity index (χ4n) is 1.40. The average molecular weight is 333 g/mol. The lowest BCUT2D eigenvalue weighted by Gasteiger charge is -2.13. The fourth-order valence-corrected chi connectivity index (χ4v) is 1.88. The van der Waals surface area contributed by atoms with Gasteiger partial charge >= 0.3 is 12.1 Å². The summed E-state index contributed by atoms with van der Waals surface area (Å²) in [6, 6.07) is 2.63. The first-order valence-corrected chi connectivity index (χ1v) is 7.02. The van der Waals surface area contributed by atoms with Crippen LogP contribution in [0, 0.1) is 6.92 Å². The quantitative estimate of drug-likeness (QED) is 0.741. The maximum Gasteiger partial charge on any atom is 0.319 e. The van der Waals surface area contributed by atoms with Crippen molar-refractivity contribution in [3.63, 3.8) is 0 Å². The highest BCUT2D eigenvalue weighted by atomic mass is 35.5. The molecule has 0 radical (unpaired) electrons. The van der Waals surface area contributed by atoms with Crippen LogP contribution < -0.4 is 16.0 Å². The molecule has 1 rings (SSSR count). The Hall–Kier alpha value is -1.66. The van der Waals surface area contributed by atoms with Gasteiger partial charge in [0.1, 0.15) is 0 Å². The molecule has 6 nitrogen and oxygen atoms in total. The van der Waals surface area contributed by atoms with Crippen LogP contribution in [0.3, 0.4) is 0 Å². The number of anilines is 1. The molecule has 0 aliphatic rings. The SMILES string of the molecule is Cc1c(Cl)cc(NC(=O)NCCNC(=O)N(C)C)cc1Cl. The van der Waals surface area contributed by atoms with Crippen molar-refractivity contribution in [1.29, 1.82) is 0 Å². The third-order valence-electron chi connectivity index (χ3n) is 2.63. The molecule has 0 heterocycles. The van der Waals surface area contributed by atoms with Gasteiger partial charge in [-0.15, -0.1) is 0 Å². The zero-order valence-electron chi connectivity index (χ0n) is 12.1. The molecule has 1 aromatic rings. The van der Waals surface area contributed by atoms with Gasteiger partial charge in [0.2, 0.25) is 0 Å². The molecule has 0 saturated heterocycles. The molecule has 0 aliphatic carbocycles. The Morgan fingerprint density at radius 3 is 2.14 bits per heavy atom. The summed E-state index contributed by atoms with van der Waals surface area (Å²) in [4.78, 5) is 24.3. The molecule has 4 amide bonds. The first-order valence-electron chi connectivity index (χ1n) is 6.27. The van der Waals surface area contributed by atoms with Gasteiger partial charge in [0.05, 0.1) is 0 Å². The number of nitrogens with zero attached hydrogens (tertiary/aromatic N) is 1. The lowest BCUT2D eigenvalue weighted by atomic mass is 10.2. The minimum Gasteiger partial charge on any atom is -0.336 e. The monoisotopic (exact) mass is 332 g/mol. The van der Waals surface area contributed by atoms with E-state index in [-0.39, 0.29) is 6.03 Å². The summed E-state index contributed by atoms with van der Waals surface area (Å²) in [5, 5.41) is 8.82.